The van der Waals surface area contributed by atoms with Crippen LogP contribution in [0.4, 0.5) is 11.6 Å². The molecule has 0 aliphatic heterocycles. The molecule has 0 amide bonds. The fourth-order valence-electron chi connectivity index (χ4n) is 3.87. The third-order valence-corrected chi connectivity index (χ3v) is 6.72. The van der Waals surface area contributed by atoms with Gasteiger partial charge in [0.15, 0.2) is 17.1 Å². The minimum absolute atomic E-state index is 0.0597. The number of nitrogens with zero attached hydrogens (tertiary/aromatic N) is 10. The molecule has 43 heavy (non-hydrogen) atoms. The van der Waals surface area contributed by atoms with E-state index in [0.717, 1.165) is 27.8 Å². The van der Waals surface area contributed by atoms with Crippen LogP contribution in [0.3, 0.4) is 0 Å². The summed E-state index contributed by atoms with van der Waals surface area (Å²) in [5.74, 6) is 0.127. The molecule has 4 rings (SSSR count). The molecule has 0 N–H and O–H groups in total. The van der Waals surface area contributed by atoms with E-state index in [9.17, 15) is 0 Å². The minimum atomic E-state index is 0.0597. The lowest BCUT2D eigenvalue weighted by atomic mass is 9.90. The van der Waals surface area contributed by atoms with Gasteiger partial charge < -0.3 is 9.69 Å². The van der Waals surface area contributed by atoms with Crippen LogP contribution in [-0.4, -0.2) is 19.9 Å². The van der Waals surface area contributed by atoms with Crippen molar-refractivity contribution in [3.05, 3.63) is 115 Å². The van der Waals surface area contributed by atoms with Crippen molar-refractivity contribution in [1.82, 2.24) is 19.9 Å². The van der Waals surface area contributed by atoms with Gasteiger partial charge in [-0.2, -0.15) is 21.0 Å². The molecule has 0 saturated carbocycles. The first kappa shape index (κ1) is 32.8. The summed E-state index contributed by atoms with van der Waals surface area (Å²) >= 11 is 0. The number of hydrogen-bond acceptors (Lipinski definition) is 8. The van der Waals surface area contributed by atoms with Crippen LogP contribution >= 0.6 is 0 Å². The van der Waals surface area contributed by atoms with Gasteiger partial charge in [0.05, 0.1) is 22.5 Å². The van der Waals surface area contributed by atoms with E-state index in [0.29, 0.717) is 33.9 Å². The minimum Gasteiger partial charge on any atom is -0.370 e. The van der Waals surface area contributed by atoms with Crippen LogP contribution < -0.4 is 0 Å². The van der Waals surface area contributed by atoms with Gasteiger partial charge in [-0.3, -0.25) is 0 Å². The highest BCUT2D eigenvalue weighted by Gasteiger charge is 2.17. The standard InChI is InChI=1S/C13H8N4.C12H12N2.C8H6N4/c1-9-11(10-7-5-4-6-8-10)17-13(15-3)12(14-2)16-9;1-7-8(2)10(4)12(6-14)11(5-13)9(7)3;1-5-6(2)12-8(4-10)7(3-9)11-5/h4-8H,1H3;1-4H3;1-2H3. The van der Waals surface area contributed by atoms with Gasteiger partial charge in [-0.15, -0.1) is 9.97 Å². The van der Waals surface area contributed by atoms with E-state index in [1.54, 1.807) is 20.8 Å². The molecule has 10 heteroatoms. The summed E-state index contributed by atoms with van der Waals surface area (Å²) in [6.45, 7) is 27.0. The number of hydrogen-bond donors (Lipinski definition) is 0. The van der Waals surface area contributed by atoms with Crippen molar-refractivity contribution in [2.24, 2.45) is 0 Å². The molecule has 10 nitrogen and oxygen atoms in total. The Labute approximate surface area is 251 Å². The van der Waals surface area contributed by atoms with Crippen LogP contribution in [0.1, 0.15) is 61.9 Å². The molecule has 208 valence electrons. The van der Waals surface area contributed by atoms with E-state index < -0.39 is 0 Å². The topological polar surface area (TPSA) is 155 Å². The van der Waals surface area contributed by atoms with E-state index in [1.165, 1.54) is 0 Å². The van der Waals surface area contributed by atoms with Crippen LogP contribution in [0.25, 0.3) is 20.9 Å². The Morgan fingerprint density at radius 2 is 0.953 bits per heavy atom. The smallest absolute Gasteiger partial charge is 0.294 e. The highest BCUT2D eigenvalue weighted by atomic mass is 15.0. The van der Waals surface area contributed by atoms with Gasteiger partial charge in [-0.25, -0.2) is 9.97 Å². The summed E-state index contributed by atoms with van der Waals surface area (Å²) in [6.07, 6.45) is 0. The first-order valence-electron chi connectivity index (χ1n) is 12.7. The molecule has 0 unspecified atom stereocenters. The number of aromatic nitrogens is 4. The molecule has 0 fully saturated rings. The van der Waals surface area contributed by atoms with Gasteiger partial charge >= 0.3 is 0 Å². The van der Waals surface area contributed by atoms with Crippen LogP contribution in [0.2, 0.25) is 0 Å². The normalized spacial score (nSPS) is 9.14. The SMILES string of the molecule is Cc1c(C)c(C)c(C#N)c(C#N)c1C.Cc1nc(C#N)c(C#N)nc1C.[C-]#[N+]c1nc(C)c(-c2ccccc2)nc1[N+]#[C-]. The monoisotopic (exact) mass is 562 g/mol. The Bertz CT molecular complexity index is 1870. The van der Waals surface area contributed by atoms with E-state index >= 15 is 0 Å². The fraction of sp³-hybridized carbons (Fsp3) is 0.212. The van der Waals surface area contributed by atoms with Crippen molar-refractivity contribution >= 4 is 11.6 Å². The summed E-state index contributed by atoms with van der Waals surface area (Å²) in [6, 6.07) is 17.4. The Morgan fingerprint density at radius 3 is 1.33 bits per heavy atom. The first-order valence-corrected chi connectivity index (χ1v) is 12.7. The number of nitriles is 4. The van der Waals surface area contributed by atoms with E-state index in [1.807, 2.05) is 70.2 Å². The van der Waals surface area contributed by atoms with Gasteiger partial charge in [0, 0.05) is 12.5 Å². The first-order chi connectivity index (χ1) is 20.5. The van der Waals surface area contributed by atoms with Crippen LogP contribution in [0, 0.1) is 107 Å². The lowest BCUT2D eigenvalue weighted by molar-refractivity contribution is 1.01. The van der Waals surface area contributed by atoms with E-state index in [2.05, 4.69) is 41.8 Å². The fourth-order valence-corrected chi connectivity index (χ4v) is 3.87. The van der Waals surface area contributed by atoms with Crippen molar-refractivity contribution in [2.45, 2.75) is 48.5 Å². The molecule has 2 aromatic carbocycles. The molecule has 0 aliphatic carbocycles. The molecule has 0 saturated heterocycles. The maximum Gasteiger partial charge on any atom is 0.294 e. The van der Waals surface area contributed by atoms with Gasteiger partial charge in [-0.05, 0) is 63.8 Å². The number of aryl methyl sites for hydroxylation is 3. The third-order valence-electron chi connectivity index (χ3n) is 6.72. The largest absolute Gasteiger partial charge is 0.370 e. The second-order valence-electron chi connectivity index (χ2n) is 9.18. The van der Waals surface area contributed by atoms with Crippen LogP contribution in [-0.2, 0) is 0 Å². The zero-order chi connectivity index (χ0) is 32.3. The van der Waals surface area contributed by atoms with Crippen molar-refractivity contribution in [2.75, 3.05) is 0 Å². The third kappa shape index (κ3) is 7.39. The highest BCUT2D eigenvalue weighted by Crippen LogP contribution is 2.29. The maximum absolute atomic E-state index is 8.97. The van der Waals surface area contributed by atoms with Gasteiger partial charge in [0.2, 0.25) is 5.69 Å². The zero-order valence-electron chi connectivity index (χ0n) is 24.9. The summed E-state index contributed by atoms with van der Waals surface area (Å²) in [5.41, 5.74) is 8.89. The second kappa shape index (κ2) is 14.8. The Kier molecular flexibility index (Phi) is 11.3. The molecule has 0 bridgehead atoms. The van der Waals surface area contributed by atoms with E-state index in [-0.39, 0.29) is 23.0 Å². The Hall–Kier alpha value is -6.46. The average Bonchev–Trinajstić information content (AvgIpc) is 3.03. The molecule has 2 aromatic heterocycles. The lowest BCUT2D eigenvalue weighted by Gasteiger charge is -2.12. The molecule has 0 spiro atoms. The predicted octanol–water partition coefficient (Wildman–Crippen LogP) is 7.05. The van der Waals surface area contributed by atoms with Crippen molar-refractivity contribution in [3.63, 3.8) is 0 Å². The van der Waals surface area contributed by atoms with Gasteiger partial charge in [0.25, 0.3) is 11.6 Å². The van der Waals surface area contributed by atoms with Crippen molar-refractivity contribution in [1.29, 1.82) is 21.0 Å². The summed E-state index contributed by atoms with van der Waals surface area (Å²) < 4.78 is 0. The lowest BCUT2D eigenvalue weighted by Crippen LogP contribution is -2.00. The Balaban J connectivity index is 0.000000229. The van der Waals surface area contributed by atoms with Crippen molar-refractivity contribution in [3.8, 4) is 35.5 Å². The molecule has 0 aliphatic rings. The predicted molar refractivity (Wildman–Crippen MR) is 160 cm³/mol. The second-order valence-corrected chi connectivity index (χ2v) is 9.18. The molecule has 4 aromatic rings. The summed E-state index contributed by atoms with van der Waals surface area (Å²) in [4.78, 5) is 22.6. The molecule has 2 heterocycles. The van der Waals surface area contributed by atoms with Crippen LogP contribution in [0.5, 0.6) is 0 Å². The molecular weight excluding hydrogens is 536 g/mol. The average molecular weight is 563 g/mol. The van der Waals surface area contributed by atoms with Gasteiger partial charge in [0.1, 0.15) is 24.3 Å². The van der Waals surface area contributed by atoms with E-state index in [4.69, 9.17) is 34.2 Å². The zero-order valence-corrected chi connectivity index (χ0v) is 24.9. The Morgan fingerprint density at radius 1 is 0.535 bits per heavy atom. The van der Waals surface area contributed by atoms with Crippen molar-refractivity contribution < 1.29 is 0 Å². The number of rotatable bonds is 1. The maximum atomic E-state index is 8.97. The molecule has 0 atom stereocenters. The van der Waals surface area contributed by atoms with Crippen LogP contribution in [0.15, 0.2) is 30.3 Å². The summed E-state index contributed by atoms with van der Waals surface area (Å²) in [5, 5.41) is 35.1. The molecule has 0 radical (unpaired) electrons. The molecular formula is C33H26N10. The highest BCUT2D eigenvalue weighted by molar-refractivity contribution is 5.70. The number of benzene rings is 2. The summed E-state index contributed by atoms with van der Waals surface area (Å²) in [7, 11) is 0. The quantitative estimate of drug-likeness (QED) is 0.223. The van der Waals surface area contributed by atoms with Gasteiger partial charge in [-0.1, -0.05) is 43.5 Å².